The summed E-state index contributed by atoms with van der Waals surface area (Å²) in [7, 11) is 1.64. The molecule has 0 spiro atoms. The molecule has 0 aromatic heterocycles. The Hall–Kier alpha value is -3.59. The van der Waals surface area contributed by atoms with Gasteiger partial charge in [0.15, 0.2) is 5.96 Å². The number of hydrogen-bond acceptors (Lipinski definition) is 6. The molecule has 1 saturated heterocycles. The summed E-state index contributed by atoms with van der Waals surface area (Å²) in [5, 5.41) is 11.6. The second-order valence-electron chi connectivity index (χ2n) is 8.85. The molecular formula is C26H35N5O4. The Morgan fingerprint density at radius 2 is 1.94 bits per heavy atom. The first-order valence-electron chi connectivity index (χ1n) is 11.9. The van der Waals surface area contributed by atoms with Crippen LogP contribution in [0.5, 0.6) is 5.75 Å². The van der Waals surface area contributed by atoms with E-state index in [1.807, 2.05) is 12.1 Å². The van der Waals surface area contributed by atoms with Crippen molar-refractivity contribution in [1.29, 1.82) is 0 Å². The molecule has 0 radical (unpaired) electrons. The van der Waals surface area contributed by atoms with Crippen LogP contribution in [0.15, 0.2) is 47.5 Å². The molecule has 1 aliphatic heterocycles. The Kier molecular flexibility index (Phi) is 9.08. The van der Waals surface area contributed by atoms with Crippen LogP contribution in [0.4, 0.5) is 5.69 Å². The van der Waals surface area contributed by atoms with Gasteiger partial charge in [-0.3, -0.25) is 14.9 Å². The molecule has 2 aromatic rings. The molecule has 35 heavy (non-hydrogen) atoms. The van der Waals surface area contributed by atoms with Gasteiger partial charge in [-0.1, -0.05) is 31.0 Å². The molecule has 9 nitrogen and oxygen atoms in total. The van der Waals surface area contributed by atoms with Crippen LogP contribution in [0.25, 0.3) is 0 Å². The normalized spacial score (nSPS) is 17.4. The van der Waals surface area contributed by atoms with Gasteiger partial charge >= 0.3 is 5.97 Å². The van der Waals surface area contributed by atoms with Crippen molar-refractivity contribution in [3.05, 3.63) is 59.2 Å². The first-order chi connectivity index (χ1) is 16.8. The monoisotopic (exact) mass is 481 g/mol. The highest BCUT2D eigenvalue weighted by Gasteiger charge is 2.21. The molecule has 188 valence electrons. The van der Waals surface area contributed by atoms with Crippen LogP contribution in [0, 0.1) is 0 Å². The van der Waals surface area contributed by atoms with E-state index in [1.165, 1.54) is 12.8 Å². The molecule has 3 rings (SSSR count). The number of aliphatic imine (C=N–C) groups is 1. The Balaban J connectivity index is 1.71. The lowest BCUT2D eigenvalue weighted by Crippen LogP contribution is -2.37. The summed E-state index contributed by atoms with van der Waals surface area (Å²) in [5.74, 6) is -0.731. The average molecular weight is 482 g/mol. The molecule has 6 N–H and O–H groups in total. The fourth-order valence-corrected chi connectivity index (χ4v) is 4.33. The van der Waals surface area contributed by atoms with E-state index in [9.17, 15) is 9.59 Å². The molecule has 9 heteroatoms. The van der Waals surface area contributed by atoms with Gasteiger partial charge in [0.1, 0.15) is 11.8 Å². The van der Waals surface area contributed by atoms with E-state index in [0.29, 0.717) is 11.6 Å². The minimum Gasteiger partial charge on any atom is -0.496 e. The lowest BCUT2D eigenvalue weighted by atomic mass is 10.0. The van der Waals surface area contributed by atoms with Gasteiger partial charge in [0.2, 0.25) is 0 Å². The van der Waals surface area contributed by atoms with E-state index in [2.05, 4.69) is 28.2 Å². The van der Waals surface area contributed by atoms with E-state index < -0.39 is 17.9 Å². The van der Waals surface area contributed by atoms with Crippen LogP contribution in [0.3, 0.4) is 0 Å². The second-order valence-corrected chi connectivity index (χ2v) is 8.85. The topological polar surface area (TPSA) is 143 Å². The van der Waals surface area contributed by atoms with Crippen molar-refractivity contribution in [2.45, 2.75) is 57.7 Å². The standard InChI is InChI=1S/C26H35N5O4/c1-17-7-4-3-5-14-31(17)22-8-6-9-23(35-2)20(22)16-29-26(28)30-24(32)19-12-10-18(11-13-19)15-21(27)25(33)34/h6,8-13,17,21H,3-5,7,14-16,27H2,1-2H3,(H,33,34)(H3,28,29,30,32)/t17?,21-/m0/s1. The first kappa shape index (κ1) is 26.0. The minimum absolute atomic E-state index is 0.00717. The number of hydrogen-bond donors (Lipinski definition) is 4. The number of nitrogens with one attached hydrogen (secondary N) is 1. The number of aliphatic carboxylic acids is 1. The maximum atomic E-state index is 12.6. The van der Waals surface area contributed by atoms with Gasteiger partial charge in [0.05, 0.1) is 13.7 Å². The molecular weight excluding hydrogens is 446 g/mol. The Bertz CT molecular complexity index is 1050. The van der Waals surface area contributed by atoms with E-state index in [1.54, 1.807) is 31.4 Å². The highest BCUT2D eigenvalue weighted by molar-refractivity contribution is 6.05. The number of nitrogens with two attached hydrogens (primary N) is 2. The summed E-state index contributed by atoms with van der Waals surface area (Å²) in [4.78, 5) is 30.4. The number of anilines is 1. The van der Waals surface area contributed by atoms with Crippen molar-refractivity contribution < 1.29 is 19.4 Å². The van der Waals surface area contributed by atoms with Gasteiger partial charge in [-0.05, 0) is 56.0 Å². The van der Waals surface area contributed by atoms with Crippen molar-refractivity contribution in [2.75, 3.05) is 18.6 Å². The van der Waals surface area contributed by atoms with Gasteiger partial charge in [-0.25, -0.2) is 4.99 Å². The van der Waals surface area contributed by atoms with E-state index >= 15 is 0 Å². The molecule has 2 atom stereocenters. The van der Waals surface area contributed by atoms with Gasteiger partial charge in [-0.2, -0.15) is 0 Å². The zero-order valence-corrected chi connectivity index (χ0v) is 20.4. The lowest BCUT2D eigenvalue weighted by Gasteiger charge is -2.31. The summed E-state index contributed by atoms with van der Waals surface area (Å²) >= 11 is 0. The molecule has 0 saturated carbocycles. The summed E-state index contributed by atoms with van der Waals surface area (Å²) in [6, 6.07) is 12.0. The number of carboxylic acids is 1. The summed E-state index contributed by atoms with van der Waals surface area (Å²) in [5.41, 5.74) is 14.7. The number of nitrogens with zero attached hydrogens (tertiary/aromatic N) is 2. The van der Waals surface area contributed by atoms with E-state index in [0.717, 1.165) is 42.0 Å². The fraction of sp³-hybridized carbons (Fsp3) is 0.423. The molecule has 1 unspecified atom stereocenters. The van der Waals surface area contributed by atoms with Crippen molar-refractivity contribution in [3.63, 3.8) is 0 Å². The molecule has 1 amide bonds. The van der Waals surface area contributed by atoms with Crippen molar-refractivity contribution >= 4 is 23.5 Å². The SMILES string of the molecule is COc1cccc(N2CCCCCC2C)c1CN=C(N)NC(=O)c1ccc(C[C@H](N)C(=O)O)cc1. The van der Waals surface area contributed by atoms with E-state index in [-0.39, 0.29) is 18.9 Å². The highest BCUT2D eigenvalue weighted by Crippen LogP contribution is 2.33. The maximum Gasteiger partial charge on any atom is 0.320 e. The lowest BCUT2D eigenvalue weighted by molar-refractivity contribution is -0.138. The fourth-order valence-electron chi connectivity index (χ4n) is 4.33. The number of carboxylic acid groups (broad SMARTS) is 1. The zero-order valence-electron chi connectivity index (χ0n) is 20.4. The number of benzene rings is 2. The van der Waals surface area contributed by atoms with Crippen molar-refractivity contribution in [1.82, 2.24) is 5.32 Å². The van der Waals surface area contributed by atoms with Crippen LogP contribution < -0.4 is 26.4 Å². The largest absolute Gasteiger partial charge is 0.496 e. The first-order valence-corrected chi connectivity index (χ1v) is 11.9. The summed E-state index contributed by atoms with van der Waals surface area (Å²) in [6.07, 6.45) is 4.91. The average Bonchev–Trinajstić information content (AvgIpc) is 3.06. The Labute approximate surface area is 206 Å². The summed E-state index contributed by atoms with van der Waals surface area (Å²) < 4.78 is 5.61. The third-order valence-electron chi connectivity index (χ3n) is 6.33. The Morgan fingerprint density at radius 3 is 2.63 bits per heavy atom. The number of guanidine groups is 1. The maximum absolute atomic E-state index is 12.6. The van der Waals surface area contributed by atoms with Crippen molar-refractivity contribution in [3.8, 4) is 5.75 Å². The van der Waals surface area contributed by atoms with Crippen LogP contribution in [-0.4, -0.2) is 48.7 Å². The number of rotatable bonds is 8. The van der Waals surface area contributed by atoms with Gasteiger partial charge in [0.25, 0.3) is 5.91 Å². The van der Waals surface area contributed by atoms with Gasteiger partial charge < -0.3 is 26.2 Å². The smallest absolute Gasteiger partial charge is 0.320 e. The second kappa shape index (κ2) is 12.2. The van der Waals surface area contributed by atoms with Crippen LogP contribution >= 0.6 is 0 Å². The number of ether oxygens (including phenoxy) is 1. The molecule has 1 fully saturated rings. The third kappa shape index (κ3) is 6.95. The number of carbonyl (C=O) groups is 2. The molecule has 1 aliphatic rings. The molecule has 0 aliphatic carbocycles. The molecule has 0 bridgehead atoms. The molecule has 1 heterocycles. The zero-order chi connectivity index (χ0) is 25.4. The van der Waals surface area contributed by atoms with Crippen LogP contribution in [-0.2, 0) is 17.8 Å². The highest BCUT2D eigenvalue weighted by atomic mass is 16.5. The van der Waals surface area contributed by atoms with Crippen LogP contribution in [0.1, 0.15) is 54.1 Å². The number of carbonyl (C=O) groups excluding carboxylic acids is 1. The van der Waals surface area contributed by atoms with Crippen molar-refractivity contribution in [2.24, 2.45) is 16.5 Å². The van der Waals surface area contributed by atoms with E-state index in [4.69, 9.17) is 21.3 Å². The minimum atomic E-state index is -1.07. The summed E-state index contributed by atoms with van der Waals surface area (Å²) in [6.45, 7) is 3.48. The molecule has 2 aromatic carbocycles. The predicted octanol–water partition coefficient (Wildman–Crippen LogP) is 2.66. The number of methoxy groups -OCH3 is 1. The third-order valence-corrected chi connectivity index (χ3v) is 6.33. The van der Waals surface area contributed by atoms with Crippen LogP contribution in [0.2, 0.25) is 0 Å². The van der Waals surface area contributed by atoms with Gasteiger partial charge in [-0.15, -0.1) is 0 Å². The quantitative estimate of drug-likeness (QED) is 0.335. The van der Waals surface area contributed by atoms with Gasteiger partial charge in [0, 0.05) is 29.4 Å². The Morgan fingerprint density at radius 1 is 1.20 bits per heavy atom. The number of amides is 1. The predicted molar refractivity (Wildman–Crippen MR) is 137 cm³/mol.